The maximum atomic E-state index is 14.6. The van der Waals surface area contributed by atoms with Gasteiger partial charge >= 0.3 is 12.2 Å². The quantitative estimate of drug-likeness (QED) is 0.529. The van der Waals surface area contributed by atoms with Crippen LogP contribution < -0.4 is 20.3 Å². The number of sulfonamides is 1. The molecule has 0 aromatic heterocycles. The molecule has 0 radical (unpaired) electrons. The summed E-state index contributed by atoms with van der Waals surface area (Å²) in [5.41, 5.74) is -3.12. The molecular formula is C22H18F3N5O6S. The van der Waals surface area contributed by atoms with E-state index in [1.165, 1.54) is 35.9 Å². The van der Waals surface area contributed by atoms with Crippen molar-refractivity contribution in [2.75, 3.05) is 10.2 Å². The summed E-state index contributed by atoms with van der Waals surface area (Å²) in [6.07, 6.45) is -5.65. The molecule has 0 aliphatic carbocycles. The van der Waals surface area contributed by atoms with Gasteiger partial charge in [0.2, 0.25) is 27.4 Å². The molecule has 2 aliphatic rings. The van der Waals surface area contributed by atoms with Gasteiger partial charge in [-0.2, -0.15) is 22.9 Å². The van der Waals surface area contributed by atoms with E-state index in [4.69, 9.17) is 0 Å². The average molecular weight is 537 g/mol. The van der Waals surface area contributed by atoms with Gasteiger partial charge in [-0.15, -0.1) is 0 Å². The van der Waals surface area contributed by atoms with Gasteiger partial charge in [-0.05, 0) is 43.3 Å². The number of urea groups is 1. The molecule has 2 heterocycles. The van der Waals surface area contributed by atoms with E-state index in [0.29, 0.717) is 4.90 Å². The van der Waals surface area contributed by atoms with Crippen LogP contribution in [0.5, 0.6) is 0 Å². The number of hydrogen-bond donors (Lipinski definition) is 3. The number of halogens is 3. The number of amidine groups is 1. The highest BCUT2D eigenvalue weighted by molar-refractivity contribution is 7.89. The van der Waals surface area contributed by atoms with E-state index in [0.717, 1.165) is 29.8 Å². The third kappa shape index (κ3) is 4.35. The highest BCUT2D eigenvalue weighted by Crippen LogP contribution is 2.45. The minimum Gasteiger partial charge on any atom is -0.326 e. The van der Waals surface area contributed by atoms with E-state index in [1.54, 1.807) is 12.2 Å². The zero-order valence-corrected chi connectivity index (χ0v) is 19.9. The van der Waals surface area contributed by atoms with Gasteiger partial charge in [0.05, 0.1) is 10.6 Å². The number of fused-ring (bicyclic) bond motifs is 1. The number of nitrogens with one attached hydrogen (secondary N) is 3. The number of carbonyl (C=O) groups excluding carboxylic acids is 4. The van der Waals surface area contributed by atoms with Gasteiger partial charge < -0.3 is 5.32 Å². The Hall–Kier alpha value is -4.11. The molecule has 1 saturated heterocycles. The van der Waals surface area contributed by atoms with E-state index in [2.05, 4.69) is 10.3 Å². The smallest absolute Gasteiger partial charge is 0.326 e. The SMILES string of the molecule is CC(=O)Nc1ccc(S(=O)(=O)NC2(C(F)(F)F)C(=O)N=C3C2C(=O)NC(=O)N3c2ccc(C)cc2)cc1. The average Bonchev–Trinajstić information content (AvgIpc) is 3.07. The van der Waals surface area contributed by atoms with Crippen LogP contribution in [0.1, 0.15) is 12.5 Å². The Bertz CT molecular complexity index is 1460. The summed E-state index contributed by atoms with van der Waals surface area (Å²) in [4.78, 5) is 52.6. The Labute approximate surface area is 207 Å². The first kappa shape index (κ1) is 26.0. The molecule has 11 nitrogen and oxygen atoms in total. The van der Waals surface area contributed by atoms with Crippen LogP contribution in [0.25, 0.3) is 0 Å². The summed E-state index contributed by atoms with van der Waals surface area (Å²) in [5, 5.41) is 4.12. The zero-order valence-electron chi connectivity index (χ0n) is 19.1. The van der Waals surface area contributed by atoms with Crippen LogP contribution in [0, 0.1) is 12.8 Å². The fourth-order valence-corrected chi connectivity index (χ4v) is 5.34. The topological polar surface area (TPSA) is 154 Å². The van der Waals surface area contributed by atoms with Crippen molar-refractivity contribution in [2.24, 2.45) is 10.9 Å². The van der Waals surface area contributed by atoms with Gasteiger partial charge in [0.15, 0.2) is 0 Å². The van der Waals surface area contributed by atoms with Crippen LogP contribution >= 0.6 is 0 Å². The molecule has 37 heavy (non-hydrogen) atoms. The van der Waals surface area contributed by atoms with Gasteiger partial charge in [-0.3, -0.25) is 19.7 Å². The summed E-state index contributed by atoms with van der Waals surface area (Å²) in [6.45, 7) is 2.91. The molecule has 3 N–H and O–H groups in total. The molecule has 15 heteroatoms. The molecule has 2 aromatic carbocycles. The second-order valence-electron chi connectivity index (χ2n) is 8.29. The monoisotopic (exact) mass is 537 g/mol. The van der Waals surface area contributed by atoms with Crippen LogP contribution in [-0.2, 0) is 24.4 Å². The second-order valence-corrected chi connectivity index (χ2v) is 9.97. The molecule has 2 unspecified atom stereocenters. The first-order valence-corrected chi connectivity index (χ1v) is 12.0. The van der Waals surface area contributed by atoms with Crippen LogP contribution in [0.2, 0.25) is 0 Å². The van der Waals surface area contributed by atoms with Crippen LogP contribution in [0.4, 0.5) is 29.3 Å². The third-order valence-electron chi connectivity index (χ3n) is 5.69. The first-order valence-electron chi connectivity index (χ1n) is 10.5. The molecule has 194 valence electrons. The van der Waals surface area contributed by atoms with Crippen molar-refractivity contribution in [3.05, 3.63) is 54.1 Å². The number of benzene rings is 2. The Kier molecular flexibility index (Phi) is 6.16. The zero-order chi connectivity index (χ0) is 27.3. The lowest BCUT2D eigenvalue weighted by molar-refractivity contribution is -0.199. The van der Waals surface area contributed by atoms with E-state index < -0.39 is 62.1 Å². The fourth-order valence-electron chi connectivity index (χ4n) is 3.98. The predicted octanol–water partition coefficient (Wildman–Crippen LogP) is 1.84. The summed E-state index contributed by atoms with van der Waals surface area (Å²) < 4.78 is 71.2. The lowest BCUT2D eigenvalue weighted by atomic mass is 9.82. The largest absolute Gasteiger partial charge is 0.417 e. The normalized spacial score (nSPS) is 21.9. The van der Waals surface area contributed by atoms with Crippen molar-refractivity contribution < 1.29 is 40.8 Å². The molecule has 2 aliphatic heterocycles. The number of hydrogen-bond acceptors (Lipinski definition) is 6. The van der Waals surface area contributed by atoms with Crippen LogP contribution in [0.15, 0.2) is 58.4 Å². The lowest BCUT2D eigenvalue weighted by Crippen LogP contribution is -2.72. The molecule has 0 saturated carbocycles. The van der Waals surface area contributed by atoms with Crippen molar-refractivity contribution in [2.45, 2.75) is 30.5 Å². The number of imide groups is 1. The molecule has 2 atom stereocenters. The van der Waals surface area contributed by atoms with Gasteiger partial charge in [-0.1, -0.05) is 17.7 Å². The van der Waals surface area contributed by atoms with E-state index in [-0.39, 0.29) is 11.4 Å². The minimum atomic E-state index is -5.65. The standard InChI is InChI=1S/C22H18F3N5O6S/c1-11-3-7-14(8-4-11)30-17-16(18(32)28-20(30)34)21(19(33)27-17,22(23,24)25)29-37(35,36)15-9-5-13(6-10-15)26-12(2)31/h3-10,16,29H,1-2H3,(H,26,31)(H,28,32,34). The molecule has 0 spiro atoms. The Balaban J connectivity index is 1.80. The lowest BCUT2D eigenvalue weighted by Gasteiger charge is -2.38. The molecule has 5 amide bonds. The minimum absolute atomic E-state index is 0.00143. The Morgan fingerprint density at radius 3 is 2.19 bits per heavy atom. The first-order chi connectivity index (χ1) is 17.2. The number of amides is 5. The predicted molar refractivity (Wildman–Crippen MR) is 123 cm³/mol. The van der Waals surface area contributed by atoms with E-state index in [1.807, 2.05) is 0 Å². The van der Waals surface area contributed by atoms with Gasteiger partial charge in [0.1, 0.15) is 11.8 Å². The number of nitrogens with zero attached hydrogens (tertiary/aromatic N) is 2. The highest BCUT2D eigenvalue weighted by atomic mass is 32.2. The Morgan fingerprint density at radius 1 is 1.05 bits per heavy atom. The third-order valence-corrected chi connectivity index (χ3v) is 7.17. The Morgan fingerprint density at radius 2 is 1.65 bits per heavy atom. The van der Waals surface area contributed by atoms with Crippen LogP contribution in [0.3, 0.4) is 0 Å². The van der Waals surface area contributed by atoms with Crippen molar-refractivity contribution in [3.63, 3.8) is 0 Å². The maximum absolute atomic E-state index is 14.6. The van der Waals surface area contributed by atoms with Gasteiger partial charge in [0, 0.05) is 12.6 Å². The number of rotatable bonds is 5. The summed E-state index contributed by atoms with van der Waals surface area (Å²) in [7, 11) is -5.10. The van der Waals surface area contributed by atoms with E-state index in [9.17, 15) is 40.8 Å². The van der Waals surface area contributed by atoms with Crippen molar-refractivity contribution in [3.8, 4) is 0 Å². The highest BCUT2D eigenvalue weighted by Gasteiger charge is 2.74. The molecule has 2 aromatic rings. The van der Waals surface area contributed by atoms with Crippen molar-refractivity contribution in [1.82, 2.24) is 10.0 Å². The molecule has 1 fully saturated rings. The summed E-state index contributed by atoms with van der Waals surface area (Å²) >= 11 is 0. The number of alkyl halides is 3. The molecular weight excluding hydrogens is 519 g/mol. The van der Waals surface area contributed by atoms with Crippen LogP contribution in [-0.4, -0.2) is 49.7 Å². The van der Waals surface area contributed by atoms with Gasteiger partial charge in [0.25, 0.3) is 5.91 Å². The van der Waals surface area contributed by atoms with Crippen molar-refractivity contribution in [1.29, 1.82) is 0 Å². The van der Waals surface area contributed by atoms with Crippen molar-refractivity contribution >= 4 is 51.0 Å². The number of carbonyl (C=O) groups is 4. The second kappa shape index (κ2) is 8.77. The number of aryl methyl sites for hydroxylation is 1. The maximum Gasteiger partial charge on any atom is 0.417 e. The molecule has 4 rings (SSSR count). The number of aliphatic imine (C=N–C) groups is 1. The molecule has 0 bridgehead atoms. The van der Waals surface area contributed by atoms with E-state index >= 15 is 0 Å². The summed E-state index contributed by atoms with van der Waals surface area (Å²) in [5.74, 6) is -7.46. The van der Waals surface area contributed by atoms with Gasteiger partial charge in [-0.25, -0.2) is 18.1 Å². The summed E-state index contributed by atoms with van der Waals surface area (Å²) in [6, 6.07) is 8.70. The number of anilines is 2. The fraction of sp³-hybridized carbons (Fsp3) is 0.227.